The molecule has 1 heterocycles. The standard InChI is InChI=1S/C28H29Cl3N2O4S/c1-32(18-21-6-3-2-4-7-21)27(34)17-28(20-37-25-10-8-22(29)9-11-25)12-5-13-33(19-28)38(35,36)26-15-23(30)14-24(31)16-26/h2-4,6-11,14-16H,5,12-13,17-20H2,1H3. The summed E-state index contributed by atoms with van der Waals surface area (Å²) in [6, 6.07) is 21.0. The first-order valence-corrected chi connectivity index (χ1v) is 14.8. The Balaban J connectivity index is 1.59. The number of piperidine rings is 1. The van der Waals surface area contributed by atoms with Gasteiger partial charge in [-0.2, -0.15) is 4.31 Å². The van der Waals surface area contributed by atoms with Gasteiger partial charge < -0.3 is 9.64 Å². The van der Waals surface area contributed by atoms with Gasteiger partial charge in [0.25, 0.3) is 0 Å². The van der Waals surface area contributed by atoms with Gasteiger partial charge in [0.2, 0.25) is 15.9 Å². The number of sulfonamides is 1. The summed E-state index contributed by atoms with van der Waals surface area (Å²) in [5, 5.41) is 1.06. The van der Waals surface area contributed by atoms with Gasteiger partial charge in [-0.1, -0.05) is 65.1 Å². The fraction of sp³-hybridized carbons (Fsp3) is 0.321. The van der Waals surface area contributed by atoms with Crippen LogP contribution in [0.5, 0.6) is 5.75 Å². The van der Waals surface area contributed by atoms with Crippen LogP contribution in [0.3, 0.4) is 0 Å². The number of benzene rings is 3. The molecule has 1 amide bonds. The third kappa shape index (κ3) is 7.21. The minimum absolute atomic E-state index is 0.0249. The Morgan fingerprint density at radius 2 is 1.63 bits per heavy atom. The molecule has 6 nitrogen and oxygen atoms in total. The fourth-order valence-corrected chi connectivity index (χ4v) is 7.12. The lowest BCUT2D eigenvalue weighted by Gasteiger charge is -2.42. The Hall–Kier alpha value is -2.29. The summed E-state index contributed by atoms with van der Waals surface area (Å²) < 4.78 is 34.7. The van der Waals surface area contributed by atoms with Gasteiger partial charge in [0.05, 0.1) is 11.5 Å². The van der Waals surface area contributed by atoms with Crippen LogP contribution in [0, 0.1) is 5.41 Å². The first-order chi connectivity index (χ1) is 18.1. The SMILES string of the molecule is CN(Cc1ccccc1)C(=O)CC1(COc2ccc(Cl)cc2)CCCN(S(=O)(=O)c2cc(Cl)cc(Cl)c2)C1. The summed E-state index contributed by atoms with van der Waals surface area (Å²) in [6.07, 6.45) is 1.34. The largest absolute Gasteiger partial charge is 0.493 e. The van der Waals surface area contributed by atoms with Crippen molar-refractivity contribution in [1.29, 1.82) is 0 Å². The summed E-state index contributed by atoms with van der Waals surface area (Å²) in [5.41, 5.74) is 0.274. The van der Waals surface area contributed by atoms with Gasteiger partial charge in [-0.3, -0.25) is 4.79 Å². The Bertz CT molecular complexity index is 1350. The molecule has 0 aromatic heterocycles. The average Bonchev–Trinajstić information content (AvgIpc) is 2.88. The van der Waals surface area contributed by atoms with E-state index in [-0.39, 0.29) is 40.4 Å². The molecule has 202 valence electrons. The van der Waals surface area contributed by atoms with Crippen molar-refractivity contribution in [3.63, 3.8) is 0 Å². The number of amides is 1. The van der Waals surface area contributed by atoms with Crippen LogP contribution in [0.4, 0.5) is 0 Å². The van der Waals surface area contributed by atoms with Gasteiger partial charge >= 0.3 is 0 Å². The topological polar surface area (TPSA) is 66.9 Å². The fourth-order valence-electron chi connectivity index (χ4n) is 4.68. The van der Waals surface area contributed by atoms with Crippen LogP contribution in [0.2, 0.25) is 15.1 Å². The zero-order valence-corrected chi connectivity index (χ0v) is 24.0. The number of hydrogen-bond acceptors (Lipinski definition) is 4. The van der Waals surface area contributed by atoms with Gasteiger partial charge in [0.1, 0.15) is 5.75 Å². The summed E-state index contributed by atoms with van der Waals surface area (Å²) >= 11 is 18.2. The quantitative estimate of drug-likeness (QED) is 0.282. The van der Waals surface area contributed by atoms with E-state index in [9.17, 15) is 13.2 Å². The predicted octanol–water partition coefficient (Wildman–Crippen LogP) is 6.55. The maximum Gasteiger partial charge on any atom is 0.243 e. The zero-order chi connectivity index (χ0) is 27.3. The molecule has 0 saturated carbocycles. The number of halogens is 3. The Kier molecular flexibility index (Phi) is 9.27. The summed E-state index contributed by atoms with van der Waals surface area (Å²) in [5.74, 6) is 0.513. The molecule has 0 bridgehead atoms. The van der Waals surface area contributed by atoms with E-state index in [4.69, 9.17) is 39.5 Å². The van der Waals surface area contributed by atoms with Crippen molar-refractivity contribution in [2.45, 2.75) is 30.7 Å². The van der Waals surface area contributed by atoms with Gasteiger partial charge in [0.15, 0.2) is 0 Å². The van der Waals surface area contributed by atoms with Crippen LogP contribution in [0.1, 0.15) is 24.8 Å². The lowest BCUT2D eigenvalue weighted by Crippen LogP contribution is -2.50. The van der Waals surface area contributed by atoms with E-state index in [0.29, 0.717) is 36.7 Å². The van der Waals surface area contributed by atoms with Gasteiger partial charge in [0, 0.05) is 53.6 Å². The van der Waals surface area contributed by atoms with Crippen molar-refractivity contribution in [3.8, 4) is 5.75 Å². The maximum absolute atomic E-state index is 13.6. The Labute approximate surface area is 239 Å². The second-order valence-corrected chi connectivity index (χ2v) is 12.9. The summed E-state index contributed by atoms with van der Waals surface area (Å²) in [4.78, 5) is 15.1. The highest BCUT2D eigenvalue weighted by molar-refractivity contribution is 7.89. The molecule has 10 heteroatoms. The molecule has 3 aromatic carbocycles. The van der Waals surface area contributed by atoms with Crippen molar-refractivity contribution >= 4 is 50.7 Å². The molecule has 0 N–H and O–H groups in total. The van der Waals surface area contributed by atoms with E-state index < -0.39 is 15.4 Å². The normalized spacial score (nSPS) is 18.2. The van der Waals surface area contributed by atoms with Gasteiger partial charge in [-0.15, -0.1) is 0 Å². The van der Waals surface area contributed by atoms with E-state index >= 15 is 0 Å². The monoisotopic (exact) mass is 594 g/mol. The number of nitrogens with zero attached hydrogens (tertiary/aromatic N) is 2. The number of carbonyl (C=O) groups excluding carboxylic acids is 1. The molecule has 1 aliphatic heterocycles. The Morgan fingerprint density at radius 3 is 2.29 bits per heavy atom. The van der Waals surface area contributed by atoms with E-state index in [1.807, 2.05) is 30.3 Å². The number of rotatable bonds is 9. The molecule has 0 aliphatic carbocycles. The Morgan fingerprint density at radius 1 is 0.974 bits per heavy atom. The van der Waals surface area contributed by atoms with Crippen LogP contribution in [0.15, 0.2) is 77.7 Å². The van der Waals surface area contributed by atoms with Crippen LogP contribution < -0.4 is 4.74 Å². The highest BCUT2D eigenvalue weighted by Crippen LogP contribution is 2.38. The minimum atomic E-state index is -3.90. The minimum Gasteiger partial charge on any atom is -0.493 e. The lowest BCUT2D eigenvalue weighted by atomic mass is 9.78. The summed E-state index contributed by atoms with van der Waals surface area (Å²) in [6.45, 7) is 1.07. The van der Waals surface area contributed by atoms with E-state index in [1.165, 1.54) is 22.5 Å². The van der Waals surface area contributed by atoms with Crippen molar-refractivity contribution in [3.05, 3.63) is 93.4 Å². The molecule has 1 saturated heterocycles. The highest BCUT2D eigenvalue weighted by Gasteiger charge is 2.43. The number of ether oxygens (including phenoxy) is 1. The molecule has 1 aliphatic rings. The van der Waals surface area contributed by atoms with Crippen LogP contribution in [-0.2, 0) is 21.4 Å². The lowest BCUT2D eigenvalue weighted by molar-refractivity contribution is -0.134. The molecule has 4 rings (SSSR count). The van der Waals surface area contributed by atoms with Crippen molar-refractivity contribution in [1.82, 2.24) is 9.21 Å². The molecule has 1 unspecified atom stereocenters. The molecule has 1 fully saturated rings. The highest BCUT2D eigenvalue weighted by atomic mass is 35.5. The van der Waals surface area contributed by atoms with Crippen LogP contribution in [0.25, 0.3) is 0 Å². The van der Waals surface area contributed by atoms with Crippen LogP contribution >= 0.6 is 34.8 Å². The van der Waals surface area contributed by atoms with Gasteiger partial charge in [-0.05, 0) is 60.9 Å². The molecule has 0 spiro atoms. The molecule has 1 atom stereocenters. The van der Waals surface area contributed by atoms with Crippen LogP contribution in [-0.4, -0.2) is 50.3 Å². The maximum atomic E-state index is 13.6. The molecule has 38 heavy (non-hydrogen) atoms. The number of carbonyl (C=O) groups is 1. The third-order valence-electron chi connectivity index (χ3n) is 6.67. The second-order valence-electron chi connectivity index (χ2n) is 9.70. The van der Waals surface area contributed by atoms with Crippen molar-refractivity contribution < 1.29 is 17.9 Å². The smallest absolute Gasteiger partial charge is 0.243 e. The second kappa shape index (κ2) is 12.3. The molecule has 3 aromatic rings. The zero-order valence-electron chi connectivity index (χ0n) is 20.9. The van der Waals surface area contributed by atoms with E-state index in [1.54, 1.807) is 36.2 Å². The summed E-state index contributed by atoms with van der Waals surface area (Å²) in [7, 11) is -2.15. The van der Waals surface area contributed by atoms with E-state index in [2.05, 4.69) is 0 Å². The third-order valence-corrected chi connectivity index (χ3v) is 9.18. The van der Waals surface area contributed by atoms with Gasteiger partial charge in [-0.25, -0.2) is 8.42 Å². The molecular formula is C28H29Cl3N2O4S. The first-order valence-electron chi connectivity index (χ1n) is 12.2. The van der Waals surface area contributed by atoms with Crippen molar-refractivity contribution in [2.24, 2.45) is 5.41 Å². The molecular weight excluding hydrogens is 567 g/mol. The predicted molar refractivity (Wildman–Crippen MR) is 151 cm³/mol. The first kappa shape index (κ1) is 28.7. The number of hydrogen-bond donors (Lipinski definition) is 0. The average molecular weight is 596 g/mol. The van der Waals surface area contributed by atoms with E-state index in [0.717, 1.165) is 5.56 Å². The molecule has 0 radical (unpaired) electrons. The van der Waals surface area contributed by atoms with Crippen molar-refractivity contribution in [2.75, 3.05) is 26.7 Å².